The second-order valence-corrected chi connectivity index (χ2v) is 15.6. The summed E-state index contributed by atoms with van der Waals surface area (Å²) in [7, 11) is -1.93. The highest BCUT2D eigenvalue weighted by molar-refractivity contribution is 7.16. The van der Waals surface area contributed by atoms with Gasteiger partial charge in [-0.1, -0.05) is 26.6 Å². The predicted molar refractivity (Wildman–Crippen MR) is 78.5 cm³/mol. The van der Waals surface area contributed by atoms with Crippen LogP contribution in [0.5, 0.6) is 0 Å². The van der Waals surface area contributed by atoms with Crippen molar-refractivity contribution in [1.82, 2.24) is 9.22 Å². The molecule has 0 saturated carbocycles. The maximum Gasteiger partial charge on any atom is 0.297 e. The van der Waals surface area contributed by atoms with E-state index in [2.05, 4.69) is 42.0 Å². The van der Waals surface area contributed by atoms with Crippen molar-refractivity contribution in [2.24, 2.45) is 0 Å². The number of aromatic nitrogens is 2. The van der Waals surface area contributed by atoms with Crippen molar-refractivity contribution >= 4 is 26.9 Å². The number of halogens is 1. The molecule has 0 aliphatic rings. The number of imidazole rings is 1. The zero-order valence-corrected chi connectivity index (χ0v) is 14.4. The predicted octanol–water partition coefficient (Wildman–Crippen LogP) is 3.56. The van der Waals surface area contributed by atoms with Crippen molar-refractivity contribution in [2.45, 2.75) is 45.1 Å². The van der Waals surface area contributed by atoms with E-state index in [9.17, 15) is 0 Å². The summed E-state index contributed by atoms with van der Waals surface area (Å²) in [5, 5.41) is 0. The van der Waals surface area contributed by atoms with Crippen molar-refractivity contribution in [3.8, 4) is 0 Å². The van der Waals surface area contributed by atoms with E-state index in [0.717, 1.165) is 12.2 Å². The van der Waals surface area contributed by atoms with Gasteiger partial charge in [-0.2, -0.15) is 0 Å². The highest BCUT2D eigenvalue weighted by Crippen LogP contribution is 2.33. The minimum absolute atomic E-state index is 0.246. The summed E-state index contributed by atoms with van der Waals surface area (Å²) in [6.07, 6.45) is 4.94. The molecule has 1 heterocycles. The summed E-state index contributed by atoms with van der Waals surface area (Å²) in [5.41, 5.74) is 0.246. The normalized spacial score (nSPS) is 17.8. The lowest BCUT2D eigenvalue weighted by Gasteiger charge is -2.30. The molecule has 0 bridgehead atoms. The van der Waals surface area contributed by atoms with Gasteiger partial charge in [0.2, 0.25) is 0 Å². The fourth-order valence-corrected chi connectivity index (χ4v) is 6.05. The van der Waals surface area contributed by atoms with Crippen LogP contribution in [0.1, 0.15) is 24.7 Å². The summed E-state index contributed by atoms with van der Waals surface area (Å²) in [6, 6.07) is 0. The number of hydrogen-bond acceptors (Lipinski definition) is 2. The van der Waals surface area contributed by atoms with Crippen LogP contribution in [0.2, 0.25) is 26.2 Å². The van der Waals surface area contributed by atoms with Gasteiger partial charge < -0.3 is 8.66 Å². The van der Waals surface area contributed by atoms with Gasteiger partial charge >= 0.3 is 0 Å². The third-order valence-corrected chi connectivity index (χ3v) is 8.92. The van der Waals surface area contributed by atoms with Crippen LogP contribution in [0, 0.1) is 0 Å². The molecule has 0 saturated heterocycles. The van der Waals surface area contributed by atoms with Crippen LogP contribution in [0.25, 0.3) is 0 Å². The minimum Gasteiger partial charge on any atom is -0.406 e. The molecule has 0 N–H and O–H groups in total. The Morgan fingerprint density at radius 3 is 2.41 bits per heavy atom. The van der Waals surface area contributed by atoms with Crippen molar-refractivity contribution < 1.29 is 4.43 Å². The first-order chi connectivity index (χ1) is 7.74. The van der Waals surface area contributed by atoms with Gasteiger partial charge in [-0.3, -0.25) is 0 Å². The van der Waals surface area contributed by atoms with E-state index >= 15 is 0 Å². The van der Waals surface area contributed by atoms with Crippen molar-refractivity contribution in [3.63, 3.8) is 0 Å². The first-order valence-electron chi connectivity index (χ1n) is 6.01. The Morgan fingerprint density at radius 2 is 2.00 bits per heavy atom. The fourth-order valence-electron chi connectivity index (χ4n) is 2.06. The molecule has 0 aromatic carbocycles. The Morgan fingerprint density at radius 1 is 1.41 bits per heavy atom. The van der Waals surface area contributed by atoms with E-state index in [1.807, 2.05) is 12.7 Å². The molecule has 17 heavy (non-hydrogen) atoms. The summed E-state index contributed by atoms with van der Waals surface area (Å²) >= 11 is 6.58. The Bertz CT molecular complexity index is 374. The highest BCUT2D eigenvalue weighted by atomic mass is 35.6. The van der Waals surface area contributed by atoms with Gasteiger partial charge in [0.15, 0.2) is 8.24 Å². The zero-order chi connectivity index (χ0) is 13.3. The third-order valence-electron chi connectivity index (χ3n) is 3.13. The van der Waals surface area contributed by atoms with Crippen molar-refractivity contribution in [2.75, 3.05) is 7.11 Å². The van der Waals surface area contributed by atoms with E-state index in [4.69, 9.17) is 15.5 Å². The first-order valence-corrected chi connectivity index (χ1v) is 13.0. The largest absolute Gasteiger partial charge is 0.406 e. The molecule has 2 unspecified atom stereocenters. The minimum atomic E-state index is -2.21. The third kappa shape index (κ3) is 3.21. The van der Waals surface area contributed by atoms with E-state index in [1.54, 1.807) is 7.11 Å². The van der Waals surface area contributed by atoms with E-state index < -0.39 is 15.9 Å². The summed E-state index contributed by atoms with van der Waals surface area (Å²) in [5.74, 6) is 1.11. The molecule has 0 radical (unpaired) electrons. The first kappa shape index (κ1) is 15.0. The van der Waals surface area contributed by atoms with Gasteiger partial charge in [-0.05, 0) is 13.0 Å². The van der Waals surface area contributed by atoms with Crippen molar-refractivity contribution in [1.29, 1.82) is 0 Å². The number of rotatable bonds is 5. The highest BCUT2D eigenvalue weighted by Gasteiger charge is 2.39. The average molecular weight is 291 g/mol. The quantitative estimate of drug-likeness (QED) is 0.612. The lowest BCUT2D eigenvalue weighted by Crippen LogP contribution is -2.41. The van der Waals surface area contributed by atoms with Crippen LogP contribution in [0.3, 0.4) is 0 Å². The SMILES string of the molecule is CCC(c1nccn1[Si](C)(C)C)[Si](C)(Cl)OC. The standard InChI is InChI=1S/C11H23ClN2OSi2/c1-7-10(17(6,12)15-2)11-13-8-9-14(11)16(3,4)5/h8-10H,7H2,1-6H3. The Balaban J connectivity index is 3.19. The fraction of sp³-hybridized carbons (Fsp3) is 0.727. The lowest BCUT2D eigenvalue weighted by molar-refractivity contribution is 0.400. The van der Waals surface area contributed by atoms with Crippen molar-refractivity contribution in [3.05, 3.63) is 18.2 Å². The topological polar surface area (TPSA) is 27.1 Å². The van der Waals surface area contributed by atoms with Crippen LogP contribution in [0.4, 0.5) is 0 Å². The molecule has 1 aromatic heterocycles. The number of nitrogens with zero attached hydrogens (tertiary/aromatic N) is 2. The van der Waals surface area contributed by atoms with Crippen LogP contribution in [-0.2, 0) is 4.43 Å². The molecular weight excluding hydrogens is 268 g/mol. The van der Waals surface area contributed by atoms with Crippen LogP contribution < -0.4 is 0 Å². The molecule has 0 aliphatic heterocycles. The van der Waals surface area contributed by atoms with Crippen LogP contribution >= 0.6 is 11.1 Å². The summed E-state index contributed by atoms with van der Waals surface area (Å²) < 4.78 is 7.89. The van der Waals surface area contributed by atoms with Gasteiger partial charge in [-0.15, -0.1) is 11.1 Å². The Kier molecular flexibility index (Phi) is 4.63. The van der Waals surface area contributed by atoms with Gasteiger partial charge in [0, 0.05) is 25.0 Å². The molecule has 2 atom stereocenters. The second kappa shape index (κ2) is 5.26. The van der Waals surface area contributed by atoms with E-state index in [1.165, 1.54) is 0 Å². The molecule has 3 nitrogen and oxygen atoms in total. The molecule has 0 spiro atoms. The average Bonchev–Trinajstić information content (AvgIpc) is 2.66. The lowest BCUT2D eigenvalue weighted by atomic mass is 10.3. The molecule has 1 aromatic rings. The van der Waals surface area contributed by atoms with Gasteiger partial charge in [-0.25, -0.2) is 4.98 Å². The van der Waals surface area contributed by atoms with Crippen LogP contribution in [0.15, 0.2) is 12.4 Å². The zero-order valence-electron chi connectivity index (χ0n) is 11.6. The molecule has 1 rings (SSSR count). The number of hydrogen-bond donors (Lipinski definition) is 0. The van der Waals surface area contributed by atoms with E-state index in [-0.39, 0.29) is 5.54 Å². The molecular formula is C11H23ClN2OSi2. The van der Waals surface area contributed by atoms with Gasteiger partial charge in [0.05, 0.1) is 0 Å². The van der Waals surface area contributed by atoms with Gasteiger partial charge in [0.1, 0.15) is 5.82 Å². The summed E-state index contributed by atoms with van der Waals surface area (Å²) in [6.45, 7) is 11.1. The smallest absolute Gasteiger partial charge is 0.297 e. The van der Waals surface area contributed by atoms with E-state index in [0.29, 0.717) is 0 Å². The Hall–Kier alpha value is -0.106. The molecule has 0 fully saturated rings. The molecule has 6 heteroatoms. The van der Waals surface area contributed by atoms with Gasteiger partial charge in [0.25, 0.3) is 7.63 Å². The Labute approximate surface area is 111 Å². The molecule has 0 amide bonds. The van der Waals surface area contributed by atoms with Crippen LogP contribution in [-0.4, -0.2) is 32.2 Å². The molecule has 98 valence electrons. The molecule has 0 aliphatic carbocycles. The monoisotopic (exact) mass is 290 g/mol. The maximum absolute atomic E-state index is 6.58. The second-order valence-electron chi connectivity index (χ2n) is 5.48. The maximum atomic E-state index is 6.58. The summed E-state index contributed by atoms with van der Waals surface area (Å²) in [4.78, 5) is 4.54.